The van der Waals surface area contributed by atoms with Crippen LogP contribution in [0.5, 0.6) is 0 Å². The molecule has 0 saturated heterocycles. The molecule has 0 spiro atoms. The van der Waals surface area contributed by atoms with Crippen LogP contribution in [0.3, 0.4) is 0 Å². The molecule has 0 atom stereocenters. The molecule has 4 nitrogen and oxygen atoms in total. The number of carbonyl (C=O) groups excluding carboxylic acids is 1. The fourth-order valence-corrected chi connectivity index (χ4v) is 3.30. The van der Waals surface area contributed by atoms with Gasteiger partial charge >= 0.3 is 0 Å². The topological polar surface area (TPSA) is 36.4 Å². The highest BCUT2D eigenvalue weighted by Gasteiger charge is 2.18. The first-order valence-corrected chi connectivity index (χ1v) is 9.74. The van der Waals surface area contributed by atoms with Gasteiger partial charge in [-0.15, -0.1) is 0 Å². The number of benzene rings is 2. The van der Waals surface area contributed by atoms with E-state index in [2.05, 4.69) is 28.9 Å². The molecule has 0 saturated carbocycles. The number of aromatic nitrogens is 1. The van der Waals surface area contributed by atoms with E-state index in [1.807, 2.05) is 68.6 Å². The van der Waals surface area contributed by atoms with Gasteiger partial charge in [0.15, 0.2) is 0 Å². The van der Waals surface area contributed by atoms with Crippen LogP contribution in [0.25, 0.3) is 0 Å². The molecular formula is C24H27N3O. The largest absolute Gasteiger partial charge is 0.366 e. The third-order valence-electron chi connectivity index (χ3n) is 4.81. The summed E-state index contributed by atoms with van der Waals surface area (Å²) in [5.74, 6) is -0.0294. The van der Waals surface area contributed by atoms with Gasteiger partial charge in [-0.05, 0) is 50.1 Å². The number of carbonyl (C=O) groups is 1. The lowest BCUT2D eigenvalue weighted by atomic mass is 10.1. The molecule has 144 valence electrons. The number of nitrogens with zero attached hydrogens (tertiary/aromatic N) is 3. The van der Waals surface area contributed by atoms with Crippen LogP contribution in [-0.2, 0) is 6.54 Å². The summed E-state index contributed by atoms with van der Waals surface area (Å²) in [6, 6.07) is 20.3. The molecule has 28 heavy (non-hydrogen) atoms. The lowest BCUT2D eigenvalue weighted by Crippen LogP contribution is -2.31. The molecule has 2 aromatic carbocycles. The van der Waals surface area contributed by atoms with Crippen LogP contribution >= 0.6 is 0 Å². The Morgan fingerprint density at radius 3 is 2.36 bits per heavy atom. The third kappa shape index (κ3) is 4.58. The monoisotopic (exact) mass is 373 g/mol. The molecule has 0 aliphatic rings. The van der Waals surface area contributed by atoms with Crippen LogP contribution in [0.15, 0.2) is 73.1 Å². The molecule has 1 aromatic heterocycles. The Balaban J connectivity index is 1.85. The molecule has 1 heterocycles. The molecule has 0 bridgehead atoms. The van der Waals surface area contributed by atoms with Crippen molar-refractivity contribution < 1.29 is 4.79 Å². The van der Waals surface area contributed by atoms with E-state index in [4.69, 9.17) is 0 Å². The summed E-state index contributed by atoms with van der Waals surface area (Å²) >= 11 is 0. The molecular weight excluding hydrogens is 346 g/mol. The molecule has 0 fully saturated rings. The number of hydrogen-bond acceptors (Lipinski definition) is 3. The Bertz CT molecular complexity index is 924. The van der Waals surface area contributed by atoms with Crippen molar-refractivity contribution in [1.82, 2.24) is 4.98 Å². The van der Waals surface area contributed by atoms with Crippen molar-refractivity contribution in [3.63, 3.8) is 0 Å². The summed E-state index contributed by atoms with van der Waals surface area (Å²) in [5.41, 5.74) is 4.84. The van der Waals surface area contributed by atoms with E-state index in [1.54, 1.807) is 11.1 Å². The van der Waals surface area contributed by atoms with Gasteiger partial charge in [-0.3, -0.25) is 9.78 Å². The molecule has 4 heteroatoms. The number of pyridine rings is 1. The number of anilines is 2. The lowest BCUT2D eigenvalue weighted by molar-refractivity contribution is 0.0988. The van der Waals surface area contributed by atoms with Crippen molar-refractivity contribution in [2.24, 2.45) is 0 Å². The zero-order valence-corrected chi connectivity index (χ0v) is 16.8. The normalized spacial score (nSPS) is 10.5. The van der Waals surface area contributed by atoms with E-state index in [-0.39, 0.29) is 5.91 Å². The van der Waals surface area contributed by atoms with Gasteiger partial charge in [0.25, 0.3) is 5.91 Å². The van der Waals surface area contributed by atoms with E-state index in [0.29, 0.717) is 12.1 Å². The maximum atomic E-state index is 13.2. The van der Waals surface area contributed by atoms with Gasteiger partial charge in [0.1, 0.15) is 0 Å². The van der Waals surface area contributed by atoms with Crippen molar-refractivity contribution in [3.8, 4) is 0 Å². The van der Waals surface area contributed by atoms with E-state index in [0.717, 1.165) is 30.0 Å². The van der Waals surface area contributed by atoms with Gasteiger partial charge in [-0.1, -0.05) is 42.5 Å². The van der Waals surface area contributed by atoms with Gasteiger partial charge < -0.3 is 9.80 Å². The number of amides is 1. The van der Waals surface area contributed by atoms with Crippen molar-refractivity contribution >= 4 is 17.3 Å². The fraction of sp³-hybridized carbons (Fsp3) is 0.250. The Hall–Kier alpha value is -3.14. The van der Waals surface area contributed by atoms with E-state index < -0.39 is 0 Å². The molecule has 3 aromatic rings. The van der Waals surface area contributed by atoms with Crippen LogP contribution in [0.1, 0.15) is 35.3 Å². The van der Waals surface area contributed by atoms with Gasteiger partial charge in [0.05, 0.1) is 17.4 Å². The predicted molar refractivity (Wildman–Crippen MR) is 116 cm³/mol. The second-order valence-electron chi connectivity index (χ2n) is 6.82. The van der Waals surface area contributed by atoms with Gasteiger partial charge in [0.2, 0.25) is 0 Å². The zero-order valence-electron chi connectivity index (χ0n) is 16.8. The number of rotatable bonds is 7. The Kier molecular flexibility index (Phi) is 6.43. The first-order valence-electron chi connectivity index (χ1n) is 9.74. The second-order valence-corrected chi connectivity index (χ2v) is 6.82. The summed E-state index contributed by atoms with van der Waals surface area (Å²) in [6.07, 6.45) is 3.48. The lowest BCUT2D eigenvalue weighted by Gasteiger charge is -2.25. The summed E-state index contributed by atoms with van der Waals surface area (Å²) in [7, 11) is 0. The van der Waals surface area contributed by atoms with Crippen molar-refractivity contribution in [3.05, 3.63) is 89.7 Å². The van der Waals surface area contributed by atoms with Crippen LogP contribution in [0.2, 0.25) is 0 Å². The summed E-state index contributed by atoms with van der Waals surface area (Å²) in [4.78, 5) is 21.5. The highest BCUT2D eigenvalue weighted by atomic mass is 16.2. The van der Waals surface area contributed by atoms with Crippen molar-refractivity contribution in [2.45, 2.75) is 27.3 Å². The first-order chi connectivity index (χ1) is 13.6. The number of aryl methyl sites for hydroxylation is 1. The Morgan fingerprint density at radius 1 is 0.893 bits per heavy atom. The molecule has 0 radical (unpaired) electrons. The number of hydrogen-bond donors (Lipinski definition) is 0. The maximum Gasteiger partial charge on any atom is 0.259 e. The van der Waals surface area contributed by atoms with E-state index in [9.17, 15) is 4.79 Å². The Morgan fingerprint density at radius 2 is 1.68 bits per heavy atom. The minimum absolute atomic E-state index is 0.0294. The minimum Gasteiger partial charge on any atom is -0.366 e. The van der Waals surface area contributed by atoms with Gasteiger partial charge in [-0.2, -0.15) is 0 Å². The second kappa shape index (κ2) is 9.18. The summed E-state index contributed by atoms with van der Waals surface area (Å²) in [5, 5.41) is 0. The first kappa shape index (κ1) is 19.6. The quantitative estimate of drug-likeness (QED) is 0.579. The molecule has 3 rings (SSSR count). The van der Waals surface area contributed by atoms with Crippen LogP contribution in [0.4, 0.5) is 11.4 Å². The van der Waals surface area contributed by atoms with Gasteiger partial charge in [-0.25, -0.2) is 0 Å². The maximum absolute atomic E-state index is 13.2. The fourth-order valence-electron chi connectivity index (χ4n) is 3.30. The SMILES string of the molecule is CCN(Cc1ccccc1)c1cncc(C(=O)N(CC)c2cccc(C)c2)c1. The highest BCUT2D eigenvalue weighted by molar-refractivity contribution is 6.06. The van der Waals surface area contributed by atoms with E-state index >= 15 is 0 Å². The van der Waals surface area contributed by atoms with Crippen LogP contribution in [0, 0.1) is 6.92 Å². The minimum atomic E-state index is -0.0294. The zero-order chi connectivity index (χ0) is 19.9. The van der Waals surface area contributed by atoms with Gasteiger partial charge in [0, 0.05) is 31.5 Å². The average molecular weight is 374 g/mol. The molecule has 0 aliphatic carbocycles. The van der Waals surface area contributed by atoms with Crippen LogP contribution in [-0.4, -0.2) is 24.0 Å². The molecule has 0 N–H and O–H groups in total. The summed E-state index contributed by atoms with van der Waals surface area (Å²) in [6.45, 7) is 8.37. The molecule has 0 unspecified atom stereocenters. The smallest absolute Gasteiger partial charge is 0.259 e. The molecule has 0 aliphatic heterocycles. The van der Waals surface area contributed by atoms with E-state index in [1.165, 1.54) is 5.56 Å². The van der Waals surface area contributed by atoms with Crippen molar-refractivity contribution in [1.29, 1.82) is 0 Å². The van der Waals surface area contributed by atoms with Crippen molar-refractivity contribution in [2.75, 3.05) is 22.9 Å². The highest BCUT2D eigenvalue weighted by Crippen LogP contribution is 2.22. The standard InChI is InChI=1S/C24H27N3O/c1-4-26(18-20-11-7-6-8-12-20)23-15-21(16-25-17-23)24(28)27(5-2)22-13-9-10-19(3)14-22/h6-17H,4-5,18H2,1-3H3. The van der Waals surface area contributed by atoms with Crippen LogP contribution < -0.4 is 9.80 Å². The summed E-state index contributed by atoms with van der Waals surface area (Å²) < 4.78 is 0. The molecule has 1 amide bonds. The Labute approximate surface area is 167 Å². The average Bonchev–Trinajstić information content (AvgIpc) is 2.73. The third-order valence-corrected chi connectivity index (χ3v) is 4.81. The predicted octanol–water partition coefficient (Wildman–Crippen LogP) is 5.08.